The van der Waals surface area contributed by atoms with Crippen molar-refractivity contribution in [1.82, 2.24) is 52.2 Å². The number of ether oxygens (including phenoxy) is 5. The first-order valence-corrected chi connectivity index (χ1v) is 24.1. The summed E-state index contributed by atoms with van der Waals surface area (Å²) in [4.78, 5) is 128. The Bertz CT molecular complexity index is 2070. The molecule has 0 bridgehead atoms. The summed E-state index contributed by atoms with van der Waals surface area (Å²) in [6.07, 6.45) is -11.7. The van der Waals surface area contributed by atoms with Crippen LogP contribution in [0.25, 0.3) is 0 Å². The van der Waals surface area contributed by atoms with Crippen LogP contribution in [0.5, 0.6) is 0 Å². The molecule has 1 fully saturated rings. The van der Waals surface area contributed by atoms with Crippen LogP contribution in [-0.4, -0.2) is 239 Å². The highest BCUT2D eigenvalue weighted by Gasteiger charge is 2.47. The predicted octanol–water partition coefficient (Wildman–Crippen LogP) is -6.13. The highest BCUT2D eigenvalue weighted by molar-refractivity contribution is 5.98. The molecule has 2 heterocycles. The maximum atomic E-state index is 13.8. The molecule has 0 spiro atoms. The normalized spacial score (nSPS) is 19.2. The molecule has 5 unspecified atom stereocenters. The second kappa shape index (κ2) is 34.9. The monoisotopic (exact) mass is 1090 g/mol. The molecule has 1 aliphatic heterocycles. The van der Waals surface area contributed by atoms with Gasteiger partial charge in [0, 0.05) is 32.8 Å². The molecule has 1 aromatic heterocycles. The maximum Gasteiger partial charge on any atom is 0.305 e. The molecule has 1 saturated heterocycles. The number of aryl methyl sites for hydroxylation is 1. The number of carbonyl (C=O) groups is 10. The minimum absolute atomic E-state index is 0.0224. The number of hydrogen-bond acceptors (Lipinski definition) is 20. The maximum absolute atomic E-state index is 13.8. The minimum Gasteiger partial charge on any atom is -0.481 e. The van der Waals surface area contributed by atoms with Crippen LogP contribution in [0.2, 0.25) is 0 Å². The second-order valence-corrected chi connectivity index (χ2v) is 17.5. The lowest BCUT2D eigenvalue weighted by Gasteiger charge is -2.40. The van der Waals surface area contributed by atoms with Crippen molar-refractivity contribution in [2.24, 2.45) is 5.92 Å². The standard InChI is InChI=1S/C44H71FN10O21/c1-23(2)34(43(70)50-27(18-32(59)60)41(68)48-24(3)39(66)46-10-11-73-14-15-75-17-16-74-13-12-72-4)52-40(67)26(7-8-31(57)58)49-42(69)28(19-33(61)62)51-44(71)38-37(65)36(64)35(63)29(76-38)20-47-30(56)22-55-21-25(53-54-55)6-5-9-45/h21,23-24,26-29,34-38,63-65H,5-20,22H2,1-4H3,(H,46,66)(H,47,56)(H,48,68)(H,49,69)(H,50,70)(H,51,71)(H,52,67)(H,57,58)(H,59,60)(H,61,62)/t24-,26-,27-,28-,29?,34-,35?,36?,37?,38?/m0/s1. The second-order valence-electron chi connectivity index (χ2n) is 17.5. The quantitative estimate of drug-likeness (QED) is 0.0274. The highest BCUT2D eigenvalue weighted by Crippen LogP contribution is 2.22. The Hall–Kier alpha value is -6.55. The Morgan fingerprint density at radius 1 is 0.684 bits per heavy atom. The van der Waals surface area contributed by atoms with Gasteiger partial charge in [0.2, 0.25) is 35.4 Å². The van der Waals surface area contributed by atoms with Crippen molar-refractivity contribution < 1.29 is 107 Å². The molecule has 0 radical (unpaired) electrons. The smallest absolute Gasteiger partial charge is 0.305 e. The number of nitrogens with one attached hydrogen (secondary N) is 7. The number of aromatic nitrogens is 3. The zero-order valence-corrected chi connectivity index (χ0v) is 42.5. The molecule has 76 heavy (non-hydrogen) atoms. The van der Waals surface area contributed by atoms with Crippen LogP contribution in [0.4, 0.5) is 4.39 Å². The summed E-state index contributed by atoms with van der Waals surface area (Å²) in [6.45, 7) is 4.71. The molecule has 31 nitrogen and oxygen atoms in total. The number of carboxylic acids is 3. The number of hydrogen-bond donors (Lipinski definition) is 13. The Morgan fingerprint density at radius 2 is 1.25 bits per heavy atom. The van der Waals surface area contributed by atoms with E-state index in [4.69, 9.17) is 23.7 Å². The number of aliphatic carboxylic acids is 3. The molecule has 2 rings (SSSR count). The van der Waals surface area contributed by atoms with Gasteiger partial charge in [-0.05, 0) is 32.1 Å². The first-order valence-electron chi connectivity index (χ1n) is 24.1. The minimum atomic E-state index is -2.19. The summed E-state index contributed by atoms with van der Waals surface area (Å²) in [7, 11) is 1.55. The number of rotatable bonds is 38. The predicted molar refractivity (Wildman–Crippen MR) is 253 cm³/mol. The molecule has 7 amide bonds. The van der Waals surface area contributed by atoms with Gasteiger partial charge in [-0.2, -0.15) is 0 Å². The number of amides is 7. The first-order chi connectivity index (χ1) is 36.0. The molecule has 32 heteroatoms. The molecule has 1 aliphatic rings. The van der Waals surface area contributed by atoms with E-state index in [-0.39, 0.29) is 39.2 Å². The SMILES string of the molecule is COCCOCCOCCOCCNC(=O)[C@H](C)NC(=O)[C@H](CC(=O)O)NC(=O)[C@@H](NC(=O)[C@H](CCC(=O)O)NC(=O)[C@H](CC(=O)O)NC(=O)C1OC(CNC(=O)Cn2cc(CCCF)nn2)C(O)C(O)C1O)C(C)C. The molecular weight excluding hydrogens is 1020 g/mol. The number of aliphatic hydroxyl groups is 3. The van der Waals surface area contributed by atoms with Crippen LogP contribution in [0.3, 0.4) is 0 Å². The van der Waals surface area contributed by atoms with Gasteiger partial charge in [0.25, 0.3) is 5.91 Å². The van der Waals surface area contributed by atoms with Crippen LogP contribution in [0, 0.1) is 5.92 Å². The summed E-state index contributed by atoms with van der Waals surface area (Å²) in [6, 6.07) is -8.67. The zero-order valence-electron chi connectivity index (χ0n) is 42.5. The summed E-state index contributed by atoms with van der Waals surface area (Å²) in [5.41, 5.74) is 0.413. The third-order valence-electron chi connectivity index (χ3n) is 11.0. The number of halogens is 1. The van der Waals surface area contributed by atoms with Crippen molar-refractivity contribution in [3.63, 3.8) is 0 Å². The molecule has 10 atom stereocenters. The largest absolute Gasteiger partial charge is 0.481 e. The van der Waals surface area contributed by atoms with E-state index in [0.29, 0.717) is 32.1 Å². The van der Waals surface area contributed by atoms with Crippen molar-refractivity contribution >= 4 is 59.3 Å². The van der Waals surface area contributed by atoms with Gasteiger partial charge in [-0.3, -0.25) is 52.3 Å². The van der Waals surface area contributed by atoms with Crippen LogP contribution < -0.4 is 37.2 Å². The van der Waals surface area contributed by atoms with Gasteiger partial charge in [0.15, 0.2) is 6.10 Å². The van der Waals surface area contributed by atoms with Gasteiger partial charge in [-0.15, -0.1) is 5.10 Å². The number of aliphatic hydroxyl groups excluding tert-OH is 3. The fourth-order valence-electron chi connectivity index (χ4n) is 6.88. The van der Waals surface area contributed by atoms with E-state index in [9.17, 15) is 83.0 Å². The number of carboxylic acid groups (broad SMARTS) is 3. The van der Waals surface area contributed by atoms with Gasteiger partial charge in [-0.25, -0.2) is 4.68 Å². The van der Waals surface area contributed by atoms with Crippen molar-refractivity contribution in [3.8, 4) is 0 Å². The van der Waals surface area contributed by atoms with Crippen molar-refractivity contribution in [2.45, 2.75) is 127 Å². The lowest BCUT2D eigenvalue weighted by Crippen LogP contribution is -2.65. The van der Waals surface area contributed by atoms with Crippen molar-refractivity contribution in [1.29, 1.82) is 0 Å². The molecule has 0 saturated carbocycles. The molecule has 1 aromatic rings. The van der Waals surface area contributed by atoms with Gasteiger partial charge in [0.1, 0.15) is 61.2 Å². The Labute approximate surface area is 435 Å². The average Bonchev–Trinajstić information content (AvgIpc) is 3.80. The van der Waals surface area contributed by atoms with Crippen molar-refractivity contribution in [2.75, 3.05) is 73.1 Å². The van der Waals surface area contributed by atoms with Crippen LogP contribution in [0.1, 0.15) is 58.6 Å². The summed E-state index contributed by atoms with van der Waals surface area (Å²) in [5, 5.41) is 84.0. The van der Waals surface area contributed by atoms with Crippen LogP contribution in [-0.2, 0) is 84.6 Å². The average molecular weight is 1100 g/mol. The van der Waals surface area contributed by atoms with Gasteiger partial charge >= 0.3 is 17.9 Å². The topological polar surface area (TPSA) is 453 Å². The Morgan fingerprint density at radius 3 is 1.83 bits per heavy atom. The molecule has 0 aromatic carbocycles. The fraction of sp³-hybridized carbons (Fsp3) is 0.727. The summed E-state index contributed by atoms with van der Waals surface area (Å²) in [5.74, 6) is -13.3. The van der Waals surface area contributed by atoms with E-state index in [1.54, 1.807) is 7.11 Å². The number of methoxy groups -OCH3 is 1. The Balaban J connectivity index is 2.11. The third-order valence-corrected chi connectivity index (χ3v) is 11.0. The summed E-state index contributed by atoms with van der Waals surface area (Å²) < 4.78 is 40.0. The van der Waals surface area contributed by atoms with Crippen LogP contribution >= 0.6 is 0 Å². The van der Waals surface area contributed by atoms with E-state index in [2.05, 4.69) is 42.2 Å². The van der Waals surface area contributed by atoms with E-state index in [1.807, 2.05) is 5.32 Å². The van der Waals surface area contributed by atoms with E-state index >= 15 is 0 Å². The third kappa shape index (κ3) is 24.4. The molecule has 0 aliphatic carbocycles. The number of nitrogens with zero attached hydrogens (tertiary/aromatic N) is 3. The van der Waals surface area contributed by atoms with Gasteiger partial charge < -0.3 is 91.5 Å². The van der Waals surface area contributed by atoms with Crippen molar-refractivity contribution in [3.05, 3.63) is 11.9 Å². The summed E-state index contributed by atoms with van der Waals surface area (Å²) >= 11 is 0. The fourth-order valence-corrected chi connectivity index (χ4v) is 6.88. The lowest BCUT2D eigenvalue weighted by atomic mass is 9.94. The first kappa shape index (κ1) is 65.6. The molecule has 13 N–H and O–H groups in total. The Kier molecular flexibility index (Phi) is 30.1. The van der Waals surface area contributed by atoms with Gasteiger partial charge in [-0.1, -0.05) is 19.1 Å². The molecular formula is C44H71FN10O21. The van der Waals surface area contributed by atoms with Crippen LogP contribution in [0.15, 0.2) is 6.20 Å². The highest BCUT2D eigenvalue weighted by atomic mass is 19.1. The molecule has 430 valence electrons. The number of carbonyl (C=O) groups excluding carboxylic acids is 7. The zero-order chi connectivity index (χ0) is 56.9. The van der Waals surface area contributed by atoms with E-state index in [0.717, 1.165) is 4.68 Å². The lowest BCUT2D eigenvalue weighted by molar-refractivity contribution is -0.219. The van der Waals surface area contributed by atoms with Gasteiger partial charge in [0.05, 0.1) is 71.5 Å². The van der Waals surface area contributed by atoms with E-state index in [1.165, 1.54) is 27.0 Å². The number of alkyl halides is 1. The van der Waals surface area contributed by atoms with E-state index < -0.39 is 171 Å².